The van der Waals surface area contributed by atoms with Crippen LogP contribution < -0.4 is 5.32 Å². The third-order valence-corrected chi connectivity index (χ3v) is 3.52. The van der Waals surface area contributed by atoms with Crippen molar-refractivity contribution < 1.29 is 4.74 Å². The second kappa shape index (κ2) is 5.46. The van der Waals surface area contributed by atoms with Crippen LogP contribution in [0.4, 0.5) is 0 Å². The van der Waals surface area contributed by atoms with Crippen molar-refractivity contribution in [3.05, 3.63) is 42.1 Å². The first-order valence-electron chi connectivity index (χ1n) is 6.57. The van der Waals surface area contributed by atoms with E-state index >= 15 is 0 Å². The normalized spacial score (nSPS) is 17.1. The molecule has 1 aromatic carbocycles. The highest BCUT2D eigenvalue weighted by molar-refractivity contribution is 5.81. The monoisotopic (exact) mass is 242 g/mol. The van der Waals surface area contributed by atoms with Gasteiger partial charge in [0.2, 0.25) is 0 Å². The number of rotatable bonds is 3. The van der Waals surface area contributed by atoms with Gasteiger partial charge in [0.15, 0.2) is 0 Å². The van der Waals surface area contributed by atoms with E-state index in [9.17, 15) is 0 Å². The predicted molar refractivity (Wildman–Crippen MR) is 72.4 cm³/mol. The summed E-state index contributed by atoms with van der Waals surface area (Å²) in [7, 11) is 0. The van der Waals surface area contributed by atoms with E-state index < -0.39 is 0 Å². The molecule has 0 unspecified atom stereocenters. The van der Waals surface area contributed by atoms with Crippen molar-refractivity contribution in [2.24, 2.45) is 0 Å². The smallest absolute Gasteiger partial charge is 0.0746 e. The van der Waals surface area contributed by atoms with Gasteiger partial charge in [-0.2, -0.15) is 0 Å². The molecule has 0 aliphatic carbocycles. The minimum atomic E-state index is 0.581. The lowest BCUT2D eigenvalue weighted by Gasteiger charge is -2.23. The Morgan fingerprint density at radius 3 is 2.89 bits per heavy atom. The van der Waals surface area contributed by atoms with Gasteiger partial charge in [0.05, 0.1) is 5.52 Å². The summed E-state index contributed by atoms with van der Waals surface area (Å²) in [6, 6.07) is 11.0. The molecule has 1 fully saturated rings. The van der Waals surface area contributed by atoms with Crippen LogP contribution in [-0.4, -0.2) is 24.2 Å². The van der Waals surface area contributed by atoms with E-state index in [0.29, 0.717) is 6.04 Å². The van der Waals surface area contributed by atoms with Gasteiger partial charge in [-0.1, -0.05) is 24.3 Å². The Morgan fingerprint density at radius 2 is 2.00 bits per heavy atom. The molecule has 0 saturated carbocycles. The number of nitrogens with zero attached hydrogens (tertiary/aromatic N) is 1. The molecule has 3 heteroatoms. The summed E-state index contributed by atoms with van der Waals surface area (Å²) < 4.78 is 5.37. The highest BCUT2D eigenvalue weighted by atomic mass is 16.5. The van der Waals surface area contributed by atoms with Crippen molar-refractivity contribution >= 4 is 10.9 Å². The quantitative estimate of drug-likeness (QED) is 0.898. The lowest BCUT2D eigenvalue weighted by atomic mass is 10.1. The molecule has 1 N–H and O–H groups in total. The van der Waals surface area contributed by atoms with Crippen LogP contribution >= 0.6 is 0 Å². The summed E-state index contributed by atoms with van der Waals surface area (Å²) in [6.07, 6.45) is 4.08. The number of fused-ring (bicyclic) bond motifs is 1. The van der Waals surface area contributed by atoms with Crippen molar-refractivity contribution in [2.75, 3.05) is 13.2 Å². The number of hydrogen-bond acceptors (Lipinski definition) is 3. The average molecular weight is 242 g/mol. The lowest BCUT2D eigenvalue weighted by molar-refractivity contribution is 0.0776. The van der Waals surface area contributed by atoms with Crippen molar-refractivity contribution in [1.29, 1.82) is 0 Å². The summed E-state index contributed by atoms with van der Waals surface area (Å²) in [6.45, 7) is 2.65. The maximum Gasteiger partial charge on any atom is 0.0746 e. The summed E-state index contributed by atoms with van der Waals surface area (Å²) in [5, 5.41) is 4.82. The molecule has 2 heterocycles. The van der Waals surface area contributed by atoms with Crippen LogP contribution in [0.15, 0.2) is 36.5 Å². The van der Waals surface area contributed by atoms with E-state index in [0.717, 1.165) is 38.1 Å². The predicted octanol–water partition coefficient (Wildman–Crippen LogP) is 2.50. The van der Waals surface area contributed by atoms with E-state index in [-0.39, 0.29) is 0 Å². The highest BCUT2D eigenvalue weighted by Gasteiger charge is 2.13. The van der Waals surface area contributed by atoms with Crippen molar-refractivity contribution in [1.82, 2.24) is 10.3 Å². The van der Waals surface area contributed by atoms with Gasteiger partial charge in [-0.15, -0.1) is 0 Å². The summed E-state index contributed by atoms with van der Waals surface area (Å²) in [5.74, 6) is 0. The lowest BCUT2D eigenvalue weighted by Crippen LogP contribution is -2.34. The number of benzene rings is 1. The van der Waals surface area contributed by atoms with Crippen molar-refractivity contribution in [3.63, 3.8) is 0 Å². The number of para-hydroxylation sites is 1. The third-order valence-electron chi connectivity index (χ3n) is 3.52. The largest absolute Gasteiger partial charge is 0.381 e. The van der Waals surface area contributed by atoms with Gasteiger partial charge in [-0.3, -0.25) is 4.98 Å². The molecule has 0 atom stereocenters. The van der Waals surface area contributed by atoms with E-state index in [1.807, 2.05) is 12.3 Å². The molecule has 1 aromatic heterocycles. The molecule has 94 valence electrons. The van der Waals surface area contributed by atoms with Crippen molar-refractivity contribution in [3.8, 4) is 0 Å². The van der Waals surface area contributed by atoms with Crippen LogP contribution in [0.25, 0.3) is 10.9 Å². The maximum absolute atomic E-state index is 5.37. The minimum Gasteiger partial charge on any atom is -0.381 e. The second-order valence-electron chi connectivity index (χ2n) is 4.76. The Hall–Kier alpha value is -1.45. The van der Waals surface area contributed by atoms with Gasteiger partial charge in [0.1, 0.15) is 0 Å². The van der Waals surface area contributed by atoms with Crippen LogP contribution in [-0.2, 0) is 11.3 Å². The highest BCUT2D eigenvalue weighted by Crippen LogP contribution is 2.16. The van der Waals surface area contributed by atoms with Gasteiger partial charge in [0, 0.05) is 37.4 Å². The van der Waals surface area contributed by atoms with E-state index in [4.69, 9.17) is 4.74 Å². The fourth-order valence-corrected chi connectivity index (χ4v) is 2.47. The molecule has 2 aromatic rings. The first-order valence-corrected chi connectivity index (χ1v) is 6.57. The van der Waals surface area contributed by atoms with Crippen LogP contribution in [0.2, 0.25) is 0 Å². The summed E-state index contributed by atoms with van der Waals surface area (Å²) >= 11 is 0. The van der Waals surface area contributed by atoms with Crippen LogP contribution in [0.3, 0.4) is 0 Å². The van der Waals surface area contributed by atoms with Crippen LogP contribution in [0.5, 0.6) is 0 Å². The van der Waals surface area contributed by atoms with E-state index in [1.165, 1.54) is 10.9 Å². The summed E-state index contributed by atoms with van der Waals surface area (Å²) in [4.78, 5) is 4.48. The molecule has 18 heavy (non-hydrogen) atoms. The van der Waals surface area contributed by atoms with Crippen LogP contribution in [0, 0.1) is 0 Å². The average Bonchev–Trinajstić information content (AvgIpc) is 2.46. The van der Waals surface area contributed by atoms with Gasteiger partial charge in [-0.05, 0) is 24.5 Å². The SMILES string of the molecule is c1cnc2c(CNC3CCOCC3)cccc2c1. The molecule has 3 rings (SSSR count). The molecular weight excluding hydrogens is 224 g/mol. The Balaban J connectivity index is 1.74. The zero-order valence-electron chi connectivity index (χ0n) is 10.4. The standard InChI is InChI=1S/C15H18N2O/c1-3-12-5-2-8-16-15(12)13(4-1)11-17-14-6-9-18-10-7-14/h1-5,8,14,17H,6-7,9-11H2. The number of nitrogens with one attached hydrogen (secondary N) is 1. The van der Waals surface area contributed by atoms with Gasteiger partial charge < -0.3 is 10.1 Å². The third kappa shape index (κ3) is 2.52. The zero-order valence-corrected chi connectivity index (χ0v) is 10.4. The number of hydrogen-bond donors (Lipinski definition) is 1. The van der Waals surface area contributed by atoms with Gasteiger partial charge in [0.25, 0.3) is 0 Å². The molecule has 1 saturated heterocycles. The zero-order chi connectivity index (χ0) is 12.2. The molecule has 0 radical (unpaired) electrons. The minimum absolute atomic E-state index is 0.581. The van der Waals surface area contributed by atoms with Gasteiger partial charge in [-0.25, -0.2) is 0 Å². The molecule has 3 nitrogen and oxygen atoms in total. The second-order valence-corrected chi connectivity index (χ2v) is 4.76. The van der Waals surface area contributed by atoms with E-state index in [1.54, 1.807) is 0 Å². The molecule has 1 aliphatic rings. The molecule has 1 aliphatic heterocycles. The number of ether oxygens (including phenoxy) is 1. The molecule has 0 spiro atoms. The van der Waals surface area contributed by atoms with E-state index in [2.05, 4.69) is 34.6 Å². The Morgan fingerprint density at radius 1 is 1.17 bits per heavy atom. The van der Waals surface area contributed by atoms with Gasteiger partial charge >= 0.3 is 0 Å². The van der Waals surface area contributed by atoms with Crippen LogP contribution in [0.1, 0.15) is 18.4 Å². The Bertz CT molecular complexity index is 515. The maximum atomic E-state index is 5.37. The molecular formula is C15H18N2O. The fourth-order valence-electron chi connectivity index (χ4n) is 2.47. The Labute approximate surface area is 107 Å². The topological polar surface area (TPSA) is 34.2 Å². The van der Waals surface area contributed by atoms with Crippen molar-refractivity contribution in [2.45, 2.75) is 25.4 Å². The molecule has 0 bridgehead atoms. The Kier molecular flexibility index (Phi) is 3.53. The number of pyridine rings is 1. The first-order chi connectivity index (χ1) is 8.93. The fraction of sp³-hybridized carbons (Fsp3) is 0.400. The summed E-state index contributed by atoms with van der Waals surface area (Å²) in [5.41, 5.74) is 2.39. The first kappa shape index (κ1) is 11.6. The number of aromatic nitrogens is 1. The molecule has 0 amide bonds.